The number of benzene rings is 1. The minimum atomic E-state index is -0.265. The van der Waals surface area contributed by atoms with Crippen molar-refractivity contribution in [2.75, 3.05) is 0 Å². The minimum Gasteiger partial charge on any atom is -0.281 e. The van der Waals surface area contributed by atoms with Crippen LogP contribution in [0.15, 0.2) is 30.6 Å². The summed E-state index contributed by atoms with van der Waals surface area (Å²) < 4.78 is 13.3. The summed E-state index contributed by atoms with van der Waals surface area (Å²) in [7, 11) is 0. The topological polar surface area (TPSA) is 39.9 Å². The lowest BCUT2D eigenvalue weighted by atomic mass is 9.90. The molecule has 3 nitrogen and oxygen atoms in total. The third-order valence-electron chi connectivity index (χ3n) is 3.41. The predicted molar refractivity (Wildman–Crippen MR) is 71.2 cm³/mol. The number of aromatic nitrogens is 2. The molecule has 0 spiro atoms. The lowest BCUT2D eigenvalue weighted by Crippen LogP contribution is -2.20. The van der Waals surface area contributed by atoms with Crippen LogP contribution in [0.3, 0.4) is 0 Å². The van der Waals surface area contributed by atoms with Gasteiger partial charge in [-0.3, -0.25) is 5.32 Å². The molecular formula is C14H12ClFN3. The minimum absolute atomic E-state index is 0.0288. The molecular weight excluding hydrogens is 265 g/mol. The summed E-state index contributed by atoms with van der Waals surface area (Å²) in [6.45, 7) is 2.06. The highest BCUT2D eigenvalue weighted by Crippen LogP contribution is 2.41. The van der Waals surface area contributed by atoms with Gasteiger partial charge in [-0.2, -0.15) is 0 Å². The number of nitrogens with zero attached hydrogens (tertiary/aromatic N) is 3. The molecule has 19 heavy (non-hydrogen) atoms. The van der Waals surface area contributed by atoms with Crippen LogP contribution in [-0.2, 0) is 0 Å². The third kappa shape index (κ3) is 2.16. The van der Waals surface area contributed by atoms with Crippen molar-refractivity contribution in [2.24, 2.45) is 0 Å². The van der Waals surface area contributed by atoms with Gasteiger partial charge in [-0.05, 0) is 30.2 Å². The summed E-state index contributed by atoms with van der Waals surface area (Å²) in [6, 6.07) is 6.54. The highest BCUT2D eigenvalue weighted by molar-refractivity contribution is 6.29. The molecule has 0 bridgehead atoms. The zero-order chi connectivity index (χ0) is 13.4. The van der Waals surface area contributed by atoms with E-state index < -0.39 is 0 Å². The van der Waals surface area contributed by atoms with Crippen LogP contribution in [0.4, 0.5) is 10.1 Å². The van der Waals surface area contributed by atoms with Crippen LogP contribution < -0.4 is 5.32 Å². The Labute approximate surface area is 115 Å². The molecule has 0 amide bonds. The van der Waals surface area contributed by atoms with Crippen LogP contribution in [0.5, 0.6) is 0 Å². The van der Waals surface area contributed by atoms with Gasteiger partial charge < -0.3 is 0 Å². The molecule has 1 aromatic heterocycles. The van der Waals surface area contributed by atoms with E-state index in [1.165, 1.54) is 18.5 Å². The van der Waals surface area contributed by atoms with Crippen molar-refractivity contribution in [1.82, 2.24) is 15.3 Å². The van der Waals surface area contributed by atoms with Gasteiger partial charge in [0.05, 0.1) is 23.3 Å². The molecule has 2 aromatic rings. The Morgan fingerprint density at radius 3 is 2.84 bits per heavy atom. The van der Waals surface area contributed by atoms with Crippen molar-refractivity contribution in [1.29, 1.82) is 0 Å². The van der Waals surface area contributed by atoms with Gasteiger partial charge in [0.15, 0.2) is 0 Å². The summed E-state index contributed by atoms with van der Waals surface area (Å²) in [5.74, 6) is -0.236. The zero-order valence-electron chi connectivity index (χ0n) is 10.3. The fraction of sp³-hybridized carbons (Fsp3) is 0.286. The van der Waals surface area contributed by atoms with Crippen molar-refractivity contribution >= 4 is 17.3 Å². The Bertz CT molecular complexity index is 617. The van der Waals surface area contributed by atoms with Gasteiger partial charge in [-0.15, -0.1) is 0 Å². The monoisotopic (exact) mass is 276 g/mol. The molecule has 0 N–H and O–H groups in total. The summed E-state index contributed by atoms with van der Waals surface area (Å²) in [5.41, 5.74) is 2.55. The van der Waals surface area contributed by atoms with Gasteiger partial charge >= 0.3 is 0 Å². The van der Waals surface area contributed by atoms with Gasteiger partial charge in [0.25, 0.3) is 0 Å². The SMILES string of the molecule is CCC1[N]c2cc(F)ccc2C1c1cc(Cl)ncn1. The number of fused-ring (bicyclic) bond motifs is 1. The van der Waals surface area contributed by atoms with Crippen molar-refractivity contribution < 1.29 is 4.39 Å². The predicted octanol–water partition coefficient (Wildman–Crippen LogP) is 3.43. The second-order valence-corrected chi connectivity index (χ2v) is 4.94. The Kier molecular flexibility index (Phi) is 3.11. The first-order chi connectivity index (χ1) is 9.19. The highest BCUT2D eigenvalue weighted by Gasteiger charge is 2.35. The number of rotatable bonds is 2. The maximum Gasteiger partial charge on any atom is 0.132 e. The smallest absolute Gasteiger partial charge is 0.132 e. The van der Waals surface area contributed by atoms with E-state index in [4.69, 9.17) is 11.6 Å². The lowest BCUT2D eigenvalue weighted by Gasteiger charge is -2.16. The number of hydrogen-bond donors (Lipinski definition) is 0. The molecule has 0 saturated heterocycles. The van der Waals surface area contributed by atoms with Gasteiger partial charge in [0.2, 0.25) is 0 Å². The van der Waals surface area contributed by atoms with E-state index in [-0.39, 0.29) is 17.8 Å². The zero-order valence-corrected chi connectivity index (χ0v) is 11.1. The van der Waals surface area contributed by atoms with Crippen molar-refractivity contribution in [3.05, 3.63) is 52.8 Å². The van der Waals surface area contributed by atoms with E-state index in [0.717, 1.165) is 17.7 Å². The summed E-state index contributed by atoms with van der Waals surface area (Å²) in [5, 5.41) is 4.99. The summed E-state index contributed by atoms with van der Waals surface area (Å²) >= 11 is 5.92. The van der Waals surface area contributed by atoms with E-state index in [1.54, 1.807) is 12.1 Å². The molecule has 1 aliphatic heterocycles. The molecule has 3 rings (SSSR count). The van der Waals surface area contributed by atoms with Gasteiger partial charge in [-0.1, -0.05) is 24.6 Å². The van der Waals surface area contributed by atoms with Crippen LogP contribution in [0, 0.1) is 5.82 Å². The number of halogens is 2. The van der Waals surface area contributed by atoms with E-state index in [9.17, 15) is 4.39 Å². The third-order valence-corrected chi connectivity index (χ3v) is 3.62. The van der Waals surface area contributed by atoms with Gasteiger partial charge in [-0.25, -0.2) is 14.4 Å². The van der Waals surface area contributed by atoms with Gasteiger partial charge in [0.1, 0.15) is 17.3 Å². The van der Waals surface area contributed by atoms with E-state index >= 15 is 0 Å². The van der Waals surface area contributed by atoms with Crippen molar-refractivity contribution in [3.63, 3.8) is 0 Å². The maximum absolute atomic E-state index is 13.3. The fourth-order valence-electron chi connectivity index (χ4n) is 2.55. The molecule has 5 heteroatoms. The highest BCUT2D eigenvalue weighted by atomic mass is 35.5. The molecule has 1 radical (unpaired) electrons. The molecule has 0 saturated carbocycles. The molecule has 0 aliphatic carbocycles. The largest absolute Gasteiger partial charge is 0.281 e. The Morgan fingerprint density at radius 1 is 1.26 bits per heavy atom. The lowest BCUT2D eigenvalue weighted by molar-refractivity contribution is 0.539. The Balaban J connectivity index is 2.09. The summed E-state index contributed by atoms with van der Waals surface area (Å²) in [6.07, 6.45) is 2.31. The second kappa shape index (κ2) is 4.78. The Morgan fingerprint density at radius 2 is 2.11 bits per heavy atom. The number of hydrogen-bond acceptors (Lipinski definition) is 2. The normalized spacial score (nSPS) is 21.0. The van der Waals surface area contributed by atoms with Crippen LogP contribution in [0.1, 0.15) is 30.5 Å². The van der Waals surface area contributed by atoms with Crippen molar-refractivity contribution in [3.8, 4) is 0 Å². The summed E-state index contributed by atoms with van der Waals surface area (Å²) in [4.78, 5) is 8.19. The van der Waals surface area contributed by atoms with Crippen LogP contribution >= 0.6 is 11.6 Å². The second-order valence-electron chi connectivity index (χ2n) is 4.55. The average Bonchev–Trinajstić information content (AvgIpc) is 2.76. The average molecular weight is 277 g/mol. The first-order valence-corrected chi connectivity index (χ1v) is 6.54. The molecule has 1 aliphatic rings. The van der Waals surface area contributed by atoms with Crippen LogP contribution in [-0.4, -0.2) is 16.0 Å². The van der Waals surface area contributed by atoms with E-state index in [2.05, 4.69) is 22.2 Å². The molecule has 0 fully saturated rings. The van der Waals surface area contributed by atoms with Crippen LogP contribution in [0.2, 0.25) is 5.15 Å². The quantitative estimate of drug-likeness (QED) is 0.789. The Hall–Kier alpha value is -1.68. The molecule has 2 heterocycles. The van der Waals surface area contributed by atoms with Gasteiger partial charge in [0, 0.05) is 0 Å². The van der Waals surface area contributed by atoms with Crippen LogP contribution in [0.25, 0.3) is 0 Å². The molecule has 1 aromatic carbocycles. The first kappa shape index (κ1) is 12.4. The first-order valence-electron chi connectivity index (χ1n) is 6.16. The molecule has 97 valence electrons. The van der Waals surface area contributed by atoms with Crippen molar-refractivity contribution in [2.45, 2.75) is 25.3 Å². The van der Waals surface area contributed by atoms with E-state index in [1.807, 2.05) is 0 Å². The maximum atomic E-state index is 13.3. The fourth-order valence-corrected chi connectivity index (χ4v) is 2.71. The standard InChI is InChI=1S/C14H12ClFN3/c1-2-10-14(12-6-13(15)18-7-17-12)9-4-3-8(16)5-11(9)19-10/h3-7,10,14H,2H2,1H3. The molecule has 2 unspecified atom stereocenters. The molecule has 2 atom stereocenters. The van der Waals surface area contributed by atoms with E-state index in [0.29, 0.717) is 10.8 Å².